The summed E-state index contributed by atoms with van der Waals surface area (Å²) < 4.78 is 13.2. The number of carbonyl (C=O) groups excluding carboxylic acids is 2. The zero-order valence-corrected chi connectivity index (χ0v) is 14.1. The van der Waals surface area contributed by atoms with Crippen molar-refractivity contribution in [3.63, 3.8) is 0 Å². The molecule has 1 aromatic carbocycles. The Morgan fingerprint density at radius 3 is 2.48 bits per heavy atom. The molecule has 1 saturated heterocycles. The maximum absolute atomic E-state index is 13.2. The summed E-state index contributed by atoms with van der Waals surface area (Å²) in [5.41, 5.74) is 0.346. The molecular weight excluding hydrogens is 295 g/mol. The van der Waals surface area contributed by atoms with Crippen molar-refractivity contribution >= 4 is 11.8 Å². The van der Waals surface area contributed by atoms with Gasteiger partial charge in [0.2, 0.25) is 5.91 Å². The van der Waals surface area contributed by atoms with E-state index in [2.05, 4.69) is 5.32 Å². The number of hydrogen-bond donors (Lipinski definition) is 1. The first-order valence-electron chi connectivity index (χ1n) is 8.09. The number of piperidine rings is 1. The minimum absolute atomic E-state index is 0.0296. The van der Waals surface area contributed by atoms with Crippen LogP contribution in [0.3, 0.4) is 0 Å². The van der Waals surface area contributed by atoms with E-state index in [9.17, 15) is 14.0 Å². The lowest BCUT2D eigenvalue weighted by molar-refractivity contribution is -0.123. The van der Waals surface area contributed by atoms with Crippen LogP contribution in [0.1, 0.15) is 50.4 Å². The molecule has 5 heteroatoms. The highest BCUT2D eigenvalue weighted by Gasteiger charge is 2.25. The van der Waals surface area contributed by atoms with E-state index in [-0.39, 0.29) is 23.3 Å². The van der Waals surface area contributed by atoms with Gasteiger partial charge in [-0.2, -0.15) is 0 Å². The van der Waals surface area contributed by atoms with Gasteiger partial charge in [0.15, 0.2) is 0 Å². The number of nitrogens with zero attached hydrogens (tertiary/aromatic N) is 1. The first kappa shape index (κ1) is 17.4. The second kappa shape index (κ2) is 7.11. The summed E-state index contributed by atoms with van der Waals surface area (Å²) >= 11 is 0. The van der Waals surface area contributed by atoms with Gasteiger partial charge in [0.05, 0.1) is 0 Å². The molecule has 0 aliphatic carbocycles. The molecule has 2 rings (SSSR count). The molecule has 1 aliphatic heterocycles. The summed E-state index contributed by atoms with van der Waals surface area (Å²) in [7, 11) is 0. The van der Waals surface area contributed by atoms with Gasteiger partial charge in [-0.1, -0.05) is 26.8 Å². The number of nitrogens with one attached hydrogen (secondary N) is 1. The molecule has 0 aromatic heterocycles. The Labute approximate surface area is 137 Å². The number of likely N-dealkylation sites (tertiary alicyclic amines) is 1. The van der Waals surface area contributed by atoms with Gasteiger partial charge in [0.25, 0.3) is 5.91 Å². The van der Waals surface area contributed by atoms with Gasteiger partial charge in [-0.3, -0.25) is 9.59 Å². The average molecular weight is 320 g/mol. The molecule has 0 radical (unpaired) electrons. The Balaban J connectivity index is 1.84. The largest absolute Gasteiger partial charge is 0.353 e. The molecule has 1 aromatic rings. The minimum atomic E-state index is -0.403. The van der Waals surface area contributed by atoms with Crippen LogP contribution in [0.2, 0.25) is 0 Å². The standard InChI is InChI=1S/C18H25FN2O2/c1-18(2,3)12-16(22)20-15-7-9-21(10-8-15)17(23)13-5-4-6-14(19)11-13/h4-6,11,15H,7-10,12H2,1-3H3,(H,20,22). The quantitative estimate of drug-likeness (QED) is 0.931. The number of benzene rings is 1. The van der Waals surface area contributed by atoms with Crippen LogP contribution >= 0.6 is 0 Å². The minimum Gasteiger partial charge on any atom is -0.353 e. The van der Waals surface area contributed by atoms with Crippen LogP contribution in [0.5, 0.6) is 0 Å². The van der Waals surface area contributed by atoms with Crippen molar-refractivity contribution in [1.82, 2.24) is 10.2 Å². The number of halogens is 1. The lowest BCUT2D eigenvalue weighted by atomic mass is 9.91. The number of amides is 2. The smallest absolute Gasteiger partial charge is 0.253 e. The molecule has 0 atom stereocenters. The molecule has 0 bridgehead atoms. The summed E-state index contributed by atoms with van der Waals surface area (Å²) in [6, 6.07) is 5.87. The molecule has 126 valence electrons. The second-order valence-corrected chi connectivity index (χ2v) is 7.38. The predicted octanol–water partition coefficient (Wildman–Crippen LogP) is 2.98. The van der Waals surface area contributed by atoms with E-state index in [0.29, 0.717) is 25.1 Å². The van der Waals surface area contributed by atoms with E-state index in [4.69, 9.17) is 0 Å². The Hall–Kier alpha value is -1.91. The number of rotatable bonds is 3. The monoisotopic (exact) mass is 320 g/mol. The van der Waals surface area contributed by atoms with Crippen molar-refractivity contribution in [2.45, 2.75) is 46.1 Å². The summed E-state index contributed by atoms with van der Waals surface area (Å²) in [4.78, 5) is 26.0. The topological polar surface area (TPSA) is 49.4 Å². The molecule has 0 saturated carbocycles. The van der Waals surface area contributed by atoms with Crippen LogP contribution in [-0.4, -0.2) is 35.8 Å². The van der Waals surface area contributed by atoms with E-state index in [1.165, 1.54) is 12.1 Å². The van der Waals surface area contributed by atoms with E-state index >= 15 is 0 Å². The fourth-order valence-electron chi connectivity index (χ4n) is 2.79. The van der Waals surface area contributed by atoms with Crippen LogP contribution in [0.15, 0.2) is 24.3 Å². The van der Waals surface area contributed by atoms with Crippen LogP contribution in [0, 0.1) is 11.2 Å². The SMILES string of the molecule is CC(C)(C)CC(=O)NC1CCN(C(=O)c2cccc(F)c2)CC1. The van der Waals surface area contributed by atoms with E-state index in [0.717, 1.165) is 12.8 Å². The molecule has 1 fully saturated rings. The number of hydrogen-bond acceptors (Lipinski definition) is 2. The second-order valence-electron chi connectivity index (χ2n) is 7.38. The van der Waals surface area contributed by atoms with Crippen LogP contribution in [0.4, 0.5) is 4.39 Å². The first-order valence-corrected chi connectivity index (χ1v) is 8.09. The Kier molecular flexibility index (Phi) is 5.39. The maximum atomic E-state index is 13.2. The number of carbonyl (C=O) groups is 2. The average Bonchev–Trinajstić information content (AvgIpc) is 2.45. The Morgan fingerprint density at radius 2 is 1.91 bits per heavy atom. The third kappa shape index (κ3) is 5.34. The van der Waals surface area contributed by atoms with E-state index in [1.807, 2.05) is 20.8 Å². The van der Waals surface area contributed by atoms with Crippen LogP contribution in [0.25, 0.3) is 0 Å². The summed E-state index contributed by atoms with van der Waals surface area (Å²) in [5, 5.41) is 3.05. The summed E-state index contributed by atoms with van der Waals surface area (Å²) in [6.45, 7) is 7.26. The molecule has 4 nitrogen and oxygen atoms in total. The summed E-state index contributed by atoms with van der Waals surface area (Å²) in [6.07, 6.45) is 1.96. The van der Waals surface area contributed by atoms with Crippen molar-refractivity contribution in [2.75, 3.05) is 13.1 Å². The molecule has 0 spiro atoms. The van der Waals surface area contributed by atoms with Gasteiger partial charge in [-0.15, -0.1) is 0 Å². The highest BCUT2D eigenvalue weighted by molar-refractivity contribution is 5.94. The molecular formula is C18H25FN2O2. The Bertz CT molecular complexity index is 573. The van der Waals surface area contributed by atoms with Crippen molar-refractivity contribution in [3.05, 3.63) is 35.6 Å². The van der Waals surface area contributed by atoms with Gasteiger partial charge in [-0.25, -0.2) is 4.39 Å². The predicted molar refractivity (Wildman–Crippen MR) is 87.5 cm³/mol. The van der Waals surface area contributed by atoms with Crippen LogP contribution < -0.4 is 5.32 Å². The molecule has 23 heavy (non-hydrogen) atoms. The summed E-state index contributed by atoms with van der Waals surface area (Å²) in [5.74, 6) is -0.489. The van der Waals surface area contributed by atoms with Gasteiger partial charge in [-0.05, 0) is 36.5 Å². The van der Waals surface area contributed by atoms with E-state index in [1.54, 1.807) is 17.0 Å². The fourth-order valence-corrected chi connectivity index (χ4v) is 2.79. The molecule has 1 N–H and O–H groups in total. The van der Waals surface area contributed by atoms with Gasteiger partial charge >= 0.3 is 0 Å². The first-order chi connectivity index (χ1) is 10.7. The molecule has 1 heterocycles. The van der Waals surface area contributed by atoms with E-state index < -0.39 is 5.82 Å². The van der Waals surface area contributed by atoms with Crippen molar-refractivity contribution in [1.29, 1.82) is 0 Å². The van der Waals surface area contributed by atoms with Crippen molar-refractivity contribution in [2.24, 2.45) is 5.41 Å². The fraction of sp³-hybridized carbons (Fsp3) is 0.556. The highest BCUT2D eigenvalue weighted by atomic mass is 19.1. The third-order valence-electron chi connectivity index (χ3n) is 3.91. The molecule has 1 aliphatic rings. The molecule has 2 amide bonds. The van der Waals surface area contributed by atoms with Gasteiger partial charge in [0.1, 0.15) is 5.82 Å². The molecule has 0 unspecified atom stereocenters. The van der Waals surface area contributed by atoms with Crippen molar-refractivity contribution in [3.8, 4) is 0 Å². The normalized spacial score (nSPS) is 16.3. The third-order valence-corrected chi connectivity index (χ3v) is 3.91. The zero-order chi connectivity index (χ0) is 17.0. The zero-order valence-electron chi connectivity index (χ0n) is 14.1. The van der Waals surface area contributed by atoms with Gasteiger partial charge < -0.3 is 10.2 Å². The van der Waals surface area contributed by atoms with Crippen LogP contribution in [-0.2, 0) is 4.79 Å². The van der Waals surface area contributed by atoms with Gasteiger partial charge in [0, 0.05) is 31.1 Å². The lowest BCUT2D eigenvalue weighted by Crippen LogP contribution is -2.47. The Morgan fingerprint density at radius 1 is 1.26 bits per heavy atom. The highest BCUT2D eigenvalue weighted by Crippen LogP contribution is 2.19. The lowest BCUT2D eigenvalue weighted by Gasteiger charge is -2.33. The van der Waals surface area contributed by atoms with Crippen molar-refractivity contribution < 1.29 is 14.0 Å². The maximum Gasteiger partial charge on any atom is 0.253 e.